The molecule has 0 bridgehead atoms. The summed E-state index contributed by atoms with van der Waals surface area (Å²) >= 11 is 0. The molecule has 1 aliphatic heterocycles. The molecule has 0 saturated carbocycles. The molecule has 4 heteroatoms. The van der Waals surface area contributed by atoms with Crippen molar-refractivity contribution in [1.29, 1.82) is 5.26 Å². The normalized spacial score (nSPS) is 21.9. The van der Waals surface area contributed by atoms with Crippen molar-refractivity contribution in [2.45, 2.75) is 39.2 Å². The molecule has 0 radical (unpaired) electrons. The fourth-order valence-electron chi connectivity index (χ4n) is 1.55. The van der Waals surface area contributed by atoms with Crippen LogP contribution in [0.1, 0.15) is 33.1 Å². The quantitative estimate of drug-likeness (QED) is 0.719. The van der Waals surface area contributed by atoms with Gasteiger partial charge in [-0.1, -0.05) is 0 Å². The highest BCUT2D eigenvalue weighted by Crippen LogP contribution is 2.17. The van der Waals surface area contributed by atoms with Gasteiger partial charge in [0.15, 0.2) is 0 Å². The smallest absolute Gasteiger partial charge is 0.220 e. The zero-order valence-corrected chi connectivity index (χ0v) is 9.47. The number of nitriles is 1. The van der Waals surface area contributed by atoms with Crippen LogP contribution in [0.3, 0.4) is 0 Å². The van der Waals surface area contributed by atoms with Crippen LogP contribution in [0.5, 0.6) is 0 Å². The van der Waals surface area contributed by atoms with Gasteiger partial charge in [0.05, 0.1) is 11.5 Å². The third-order valence-corrected chi connectivity index (χ3v) is 2.75. The summed E-state index contributed by atoms with van der Waals surface area (Å²) in [4.78, 5) is 10.9. The minimum Gasteiger partial charge on any atom is -0.355 e. The number of carbonyl (C=O) groups excluding carboxylic acids is 1. The second-order valence-electron chi connectivity index (χ2n) is 4.74. The van der Waals surface area contributed by atoms with Crippen LogP contribution >= 0.6 is 0 Å². The third kappa shape index (κ3) is 4.30. The Hall–Kier alpha value is -1.08. The molecule has 15 heavy (non-hydrogen) atoms. The Morgan fingerprint density at radius 1 is 1.67 bits per heavy atom. The lowest BCUT2D eigenvalue weighted by Gasteiger charge is -2.25. The van der Waals surface area contributed by atoms with E-state index in [2.05, 4.69) is 16.7 Å². The zero-order valence-electron chi connectivity index (χ0n) is 9.47. The summed E-state index contributed by atoms with van der Waals surface area (Å²) in [7, 11) is 0. The first-order chi connectivity index (χ1) is 7.03. The van der Waals surface area contributed by atoms with Crippen molar-refractivity contribution in [3.63, 3.8) is 0 Å². The molecule has 2 N–H and O–H groups in total. The van der Waals surface area contributed by atoms with E-state index < -0.39 is 0 Å². The van der Waals surface area contributed by atoms with Crippen LogP contribution in [0.4, 0.5) is 0 Å². The van der Waals surface area contributed by atoms with E-state index in [1.54, 1.807) is 0 Å². The fraction of sp³-hybridized carbons (Fsp3) is 0.818. The topological polar surface area (TPSA) is 64.9 Å². The van der Waals surface area contributed by atoms with Crippen molar-refractivity contribution >= 4 is 5.91 Å². The molecule has 0 spiro atoms. The van der Waals surface area contributed by atoms with Crippen molar-refractivity contribution in [3.05, 3.63) is 0 Å². The first-order valence-corrected chi connectivity index (χ1v) is 5.45. The molecule has 1 atom stereocenters. The Balaban J connectivity index is 2.16. The fourth-order valence-corrected chi connectivity index (χ4v) is 1.55. The van der Waals surface area contributed by atoms with E-state index in [0.29, 0.717) is 19.0 Å². The highest BCUT2D eigenvalue weighted by atomic mass is 16.1. The van der Waals surface area contributed by atoms with Gasteiger partial charge in [0.25, 0.3) is 0 Å². The molecule has 84 valence electrons. The Kier molecular flexibility index (Phi) is 4.10. The molecule has 0 aromatic heterocycles. The average Bonchev–Trinajstić information content (AvgIpc) is 2.21. The zero-order chi connectivity index (χ0) is 11.3. The van der Waals surface area contributed by atoms with Crippen LogP contribution in [0, 0.1) is 16.7 Å². The first-order valence-electron chi connectivity index (χ1n) is 5.45. The second-order valence-corrected chi connectivity index (χ2v) is 4.74. The maximum atomic E-state index is 10.9. The molecule has 4 nitrogen and oxygen atoms in total. The Labute approximate surface area is 91.0 Å². The van der Waals surface area contributed by atoms with Crippen LogP contribution in [-0.2, 0) is 4.79 Å². The van der Waals surface area contributed by atoms with Gasteiger partial charge in [-0.3, -0.25) is 4.79 Å². The van der Waals surface area contributed by atoms with Crippen molar-refractivity contribution in [3.8, 4) is 6.07 Å². The maximum Gasteiger partial charge on any atom is 0.220 e. The highest BCUT2D eigenvalue weighted by molar-refractivity contribution is 5.76. The van der Waals surface area contributed by atoms with E-state index in [9.17, 15) is 4.79 Å². The molecule has 1 aliphatic rings. The molecule has 1 saturated heterocycles. The SMILES string of the molecule is CC(C)(C#N)CCNC1CCC(=O)NC1. The van der Waals surface area contributed by atoms with Gasteiger partial charge in [-0.2, -0.15) is 5.26 Å². The lowest BCUT2D eigenvalue weighted by atomic mass is 9.91. The summed E-state index contributed by atoms with van der Waals surface area (Å²) in [5.41, 5.74) is -0.259. The highest BCUT2D eigenvalue weighted by Gasteiger charge is 2.19. The maximum absolute atomic E-state index is 10.9. The molecule has 0 aromatic rings. The van der Waals surface area contributed by atoms with Crippen LogP contribution < -0.4 is 10.6 Å². The van der Waals surface area contributed by atoms with Crippen LogP contribution in [0.2, 0.25) is 0 Å². The molecule has 0 aliphatic carbocycles. The van der Waals surface area contributed by atoms with E-state index in [1.807, 2.05) is 13.8 Å². The lowest BCUT2D eigenvalue weighted by Crippen LogP contribution is -2.46. The summed E-state index contributed by atoms with van der Waals surface area (Å²) in [6.45, 7) is 5.43. The number of carbonyl (C=O) groups is 1. The van der Waals surface area contributed by atoms with Gasteiger partial charge < -0.3 is 10.6 Å². The van der Waals surface area contributed by atoms with E-state index in [1.165, 1.54) is 0 Å². The molecule has 1 amide bonds. The summed E-state index contributed by atoms with van der Waals surface area (Å²) in [6.07, 6.45) is 2.35. The number of hydrogen-bond acceptors (Lipinski definition) is 3. The van der Waals surface area contributed by atoms with Gasteiger partial charge in [0.1, 0.15) is 0 Å². The van der Waals surface area contributed by atoms with Crippen molar-refractivity contribution in [2.24, 2.45) is 5.41 Å². The van der Waals surface area contributed by atoms with Crippen LogP contribution in [0.25, 0.3) is 0 Å². The number of amides is 1. The predicted octanol–water partition coefficient (Wildman–Crippen LogP) is 0.794. The molecule has 1 unspecified atom stereocenters. The van der Waals surface area contributed by atoms with Gasteiger partial charge in [0.2, 0.25) is 5.91 Å². The standard InChI is InChI=1S/C11H19N3O/c1-11(2,8-12)5-6-13-9-3-4-10(15)14-7-9/h9,13H,3-7H2,1-2H3,(H,14,15). The first kappa shape index (κ1) is 12.0. The predicted molar refractivity (Wildman–Crippen MR) is 58.0 cm³/mol. The number of nitrogens with one attached hydrogen (secondary N) is 2. The summed E-state index contributed by atoms with van der Waals surface area (Å²) in [5, 5.41) is 15.0. The van der Waals surface area contributed by atoms with Crippen LogP contribution in [-0.4, -0.2) is 25.0 Å². The van der Waals surface area contributed by atoms with Crippen LogP contribution in [0.15, 0.2) is 0 Å². The van der Waals surface area contributed by atoms with Gasteiger partial charge in [-0.05, 0) is 33.2 Å². The number of hydrogen-bond donors (Lipinski definition) is 2. The molecule has 0 aromatic carbocycles. The van der Waals surface area contributed by atoms with Gasteiger partial charge >= 0.3 is 0 Å². The number of rotatable bonds is 4. The second kappa shape index (κ2) is 5.13. The van der Waals surface area contributed by atoms with E-state index in [0.717, 1.165) is 19.4 Å². The monoisotopic (exact) mass is 209 g/mol. The average molecular weight is 209 g/mol. The minimum absolute atomic E-state index is 0.144. The van der Waals surface area contributed by atoms with Gasteiger partial charge in [0, 0.05) is 19.0 Å². The Morgan fingerprint density at radius 2 is 2.40 bits per heavy atom. The molecule has 1 fully saturated rings. The molecular formula is C11H19N3O. The largest absolute Gasteiger partial charge is 0.355 e. The number of piperidine rings is 1. The van der Waals surface area contributed by atoms with E-state index in [4.69, 9.17) is 5.26 Å². The van der Waals surface area contributed by atoms with E-state index in [-0.39, 0.29) is 11.3 Å². The van der Waals surface area contributed by atoms with Gasteiger partial charge in [-0.25, -0.2) is 0 Å². The van der Waals surface area contributed by atoms with Gasteiger partial charge in [-0.15, -0.1) is 0 Å². The molecule has 1 rings (SSSR count). The molecular weight excluding hydrogens is 190 g/mol. The van der Waals surface area contributed by atoms with Crippen molar-refractivity contribution in [2.75, 3.05) is 13.1 Å². The third-order valence-electron chi connectivity index (χ3n) is 2.75. The Morgan fingerprint density at radius 3 is 2.93 bits per heavy atom. The van der Waals surface area contributed by atoms with E-state index >= 15 is 0 Å². The summed E-state index contributed by atoms with van der Waals surface area (Å²) < 4.78 is 0. The lowest BCUT2D eigenvalue weighted by molar-refractivity contribution is -0.122. The summed E-state index contributed by atoms with van der Waals surface area (Å²) in [6, 6.07) is 2.65. The Bertz CT molecular complexity index is 257. The van der Waals surface area contributed by atoms with Crippen molar-refractivity contribution in [1.82, 2.24) is 10.6 Å². The minimum atomic E-state index is -0.259. The number of nitrogens with zero attached hydrogens (tertiary/aromatic N) is 1. The summed E-state index contributed by atoms with van der Waals surface area (Å²) in [5.74, 6) is 0.144. The van der Waals surface area contributed by atoms with Crippen molar-refractivity contribution < 1.29 is 4.79 Å². The molecule has 1 heterocycles.